The van der Waals surface area contributed by atoms with E-state index < -0.39 is 17.7 Å². The van der Waals surface area contributed by atoms with Gasteiger partial charge in [0.25, 0.3) is 0 Å². The first kappa shape index (κ1) is 30.5. The summed E-state index contributed by atoms with van der Waals surface area (Å²) < 4.78 is 22.3. The van der Waals surface area contributed by atoms with Crippen LogP contribution >= 0.6 is 11.8 Å². The van der Waals surface area contributed by atoms with Crippen molar-refractivity contribution in [3.8, 4) is 5.75 Å². The van der Waals surface area contributed by atoms with Crippen molar-refractivity contribution in [1.82, 2.24) is 25.3 Å². The Bertz CT molecular complexity index is 1670. The molecule has 2 N–H and O–H groups in total. The fraction of sp³-hybridized carbons (Fsp3) is 0.500. The van der Waals surface area contributed by atoms with Gasteiger partial charge >= 0.3 is 12.1 Å². The van der Waals surface area contributed by atoms with Gasteiger partial charge in [0.1, 0.15) is 22.8 Å². The van der Waals surface area contributed by atoms with Crippen LogP contribution in [-0.4, -0.2) is 83.2 Å². The number of hydrogen-bond donors (Lipinski definition) is 2. The molecule has 0 bridgehead atoms. The number of aromatic nitrogens is 4. The first-order chi connectivity index (χ1) is 22.1. The molecule has 1 aliphatic carbocycles. The monoisotopic (exact) mass is 647 g/mol. The van der Waals surface area contributed by atoms with E-state index in [4.69, 9.17) is 28.9 Å². The second kappa shape index (κ2) is 11.6. The predicted molar refractivity (Wildman–Crippen MR) is 168 cm³/mol. The number of esters is 1. The van der Waals surface area contributed by atoms with E-state index in [-0.39, 0.29) is 22.7 Å². The molecule has 14 heteroatoms. The highest BCUT2D eigenvalue weighted by Crippen LogP contribution is 2.52. The van der Waals surface area contributed by atoms with Crippen LogP contribution in [0.2, 0.25) is 0 Å². The van der Waals surface area contributed by atoms with Gasteiger partial charge in [0.15, 0.2) is 23.1 Å². The van der Waals surface area contributed by atoms with Crippen LogP contribution in [0.5, 0.6) is 5.75 Å². The second-order valence-corrected chi connectivity index (χ2v) is 14.4. The Labute approximate surface area is 271 Å². The Kier molecular flexibility index (Phi) is 7.67. The quantitative estimate of drug-likeness (QED) is 0.382. The molecular weight excluding hydrogens is 610 g/mol. The lowest BCUT2D eigenvalue weighted by atomic mass is 9.73. The summed E-state index contributed by atoms with van der Waals surface area (Å²) in [6.07, 6.45) is 6.94. The maximum absolute atomic E-state index is 13.0. The third-order valence-corrected chi connectivity index (χ3v) is 9.86. The Morgan fingerprint density at radius 3 is 2.63 bits per heavy atom. The predicted octanol–water partition coefficient (Wildman–Crippen LogP) is 4.19. The Morgan fingerprint density at radius 1 is 1.11 bits per heavy atom. The van der Waals surface area contributed by atoms with E-state index in [2.05, 4.69) is 25.5 Å². The number of fused-ring (bicyclic) bond motifs is 2. The highest BCUT2D eigenvalue weighted by molar-refractivity contribution is 7.99. The van der Waals surface area contributed by atoms with Crippen LogP contribution in [0.4, 0.5) is 16.4 Å². The summed E-state index contributed by atoms with van der Waals surface area (Å²) in [6, 6.07) is 5.55. The Balaban J connectivity index is 1.10. The highest BCUT2D eigenvalue weighted by atomic mass is 32.2. The molecule has 0 saturated carbocycles. The molecule has 3 aliphatic heterocycles. The summed E-state index contributed by atoms with van der Waals surface area (Å²) in [7, 11) is 1.34. The van der Waals surface area contributed by atoms with Crippen LogP contribution in [0.3, 0.4) is 0 Å². The van der Waals surface area contributed by atoms with Crippen LogP contribution in [0.15, 0.2) is 46.7 Å². The minimum atomic E-state index is -0.612. The summed E-state index contributed by atoms with van der Waals surface area (Å²) in [6.45, 7) is 8.39. The van der Waals surface area contributed by atoms with Crippen molar-refractivity contribution in [2.45, 2.75) is 67.1 Å². The lowest BCUT2D eigenvalue weighted by Crippen LogP contribution is -2.61. The number of pyridine rings is 2. The number of methoxy groups -OCH3 is 1. The van der Waals surface area contributed by atoms with Crippen molar-refractivity contribution in [2.24, 2.45) is 5.41 Å². The summed E-state index contributed by atoms with van der Waals surface area (Å²) >= 11 is 1.35. The molecule has 46 heavy (non-hydrogen) atoms. The van der Waals surface area contributed by atoms with E-state index in [9.17, 15) is 9.59 Å². The number of rotatable bonds is 5. The van der Waals surface area contributed by atoms with Crippen LogP contribution in [0.25, 0.3) is 0 Å². The fourth-order valence-electron chi connectivity index (χ4n) is 6.65. The maximum atomic E-state index is 13.0. The van der Waals surface area contributed by atoms with E-state index in [1.54, 1.807) is 18.6 Å². The Morgan fingerprint density at radius 2 is 1.91 bits per heavy atom. The van der Waals surface area contributed by atoms with Crippen molar-refractivity contribution in [1.29, 1.82) is 0 Å². The maximum Gasteiger partial charge on any atom is 0.408 e. The molecule has 2 fully saturated rings. The van der Waals surface area contributed by atoms with E-state index in [1.165, 1.54) is 18.9 Å². The van der Waals surface area contributed by atoms with Crippen molar-refractivity contribution < 1.29 is 28.5 Å². The topological polar surface area (TPSA) is 150 Å². The molecule has 4 aliphatic rings. The van der Waals surface area contributed by atoms with Crippen LogP contribution < -0.4 is 20.3 Å². The van der Waals surface area contributed by atoms with Crippen LogP contribution in [0, 0.1) is 5.41 Å². The van der Waals surface area contributed by atoms with E-state index in [1.807, 2.05) is 39.0 Å². The average molecular weight is 648 g/mol. The van der Waals surface area contributed by atoms with Gasteiger partial charge in [0, 0.05) is 36.6 Å². The van der Waals surface area contributed by atoms with Crippen molar-refractivity contribution in [2.75, 3.05) is 50.2 Å². The van der Waals surface area contributed by atoms with Gasteiger partial charge in [-0.2, -0.15) is 0 Å². The minimum absolute atomic E-state index is 0.149. The zero-order valence-electron chi connectivity index (χ0n) is 26.3. The first-order valence-corrected chi connectivity index (χ1v) is 16.2. The molecular formula is C32H37N7O6S. The minimum Gasteiger partial charge on any atom is -0.486 e. The number of piperidine rings is 1. The normalized spacial score (nSPS) is 20.5. The standard InChI is InChI=1S/C32H37N7O6S/c1-30(2,3)45-29(41)37-25-19-6-5-10-33-20(19)14-31(25)8-12-39(13-9-31)27-23(28(40)42-4)36-22(15-35-27)46-21-7-11-34-26-24(21)44-18-32(38-26)16-43-17-32/h5-7,10-11,15,25H,8-9,12-14,16-18H2,1-4H3,(H,34,38)(H,37,41)/t25-/m1/s1. The van der Waals surface area contributed by atoms with Gasteiger partial charge < -0.3 is 34.5 Å². The van der Waals surface area contributed by atoms with Crippen molar-refractivity contribution in [3.05, 3.63) is 53.7 Å². The smallest absolute Gasteiger partial charge is 0.408 e. The molecule has 7 rings (SSSR count). The molecule has 13 nitrogen and oxygen atoms in total. The van der Waals surface area contributed by atoms with Crippen LogP contribution in [0.1, 0.15) is 61.4 Å². The summed E-state index contributed by atoms with van der Waals surface area (Å²) in [5.74, 6) is 1.20. The molecule has 0 radical (unpaired) electrons. The lowest BCUT2D eigenvalue weighted by molar-refractivity contribution is -0.0652. The third-order valence-electron chi connectivity index (χ3n) is 8.91. The number of carbonyl (C=O) groups excluding carboxylic acids is 2. The van der Waals surface area contributed by atoms with Gasteiger partial charge in [-0.05, 0) is 57.7 Å². The molecule has 2 spiro atoms. The van der Waals surface area contributed by atoms with E-state index in [0.29, 0.717) is 55.3 Å². The molecule has 6 heterocycles. The van der Waals surface area contributed by atoms with Gasteiger partial charge in [0.2, 0.25) is 0 Å². The van der Waals surface area contributed by atoms with Gasteiger partial charge in [-0.3, -0.25) is 4.98 Å². The third kappa shape index (κ3) is 5.68. The van der Waals surface area contributed by atoms with E-state index >= 15 is 0 Å². The number of anilines is 2. The number of nitrogens with zero attached hydrogens (tertiary/aromatic N) is 5. The van der Waals surface area contributed by atoms with Gasteiger partial charge in [-0.25, -0.2) is 24.5 Å². The molecule has 1 amide bonds. The largest absolute Gasteiger partial charge is 0.486 e. The number of carbonyl (C=O) groups is 2. The Hall–Kier alpha value is -4.17. The molecule has 1 atom stereocenters. The number of hydrogen-bond acceptors (Lipinski definition) is 13. The number of ether oxygens (including phenoxy) is 4. The molecule has 3 aromatic heterocycles. The SMILES string of the molecule is COC(=O)c1nc(Sc2ccnc3c2OCC2(COC2)N3)cnc1N1CCC2(CC1)Cc1ncccc1[C@H]2NC(=O)OC(C)(C)C. The molecule has 0 unspecified atom stereocenters. The number of alkyl carbamates (subject to hydrolysis) is 1. The zero-order chi connectivity index (χ0) is 32.1. The second-order valence-electron chi connectivity index (χ2n) is 13.3. The number of nitrogens with one attached hydrogen (secondary N) is 2. The zero-order valence-corrected chi connectivity index (χ0v) is 27.1. The van der Waals surface area contributed by atoms with Crippen molar-refractivity contribution >= 4 is 35.5 Å². The van der Waals surface area contributed by atoms with Crippen LogP contribution in [-0.2, 0) is 20.6 Å². The van der Waals surface area contributed by atoms with E-state index in [0.717, 1.165) is 35.4 Å². The van der Waals surface area contributed by atoms with Crippen molar-refractivity contribution in [3.63, 3.8) is 0 Å². The molecule has 2 saturated heterocycles. The molecule has 242 valence electrons. The lowest BCUT2D eigenvalue weighted by Gasteiger charge is -2.45. The number of amides is 1. The summed E-state index contributed by atoms with van der Waals surface area (Å²) in [4.78, 5) is 47.4. The molecule has 0 aromatic carbocycles. The van der Waals surface area contributed by atoms with Gasteiger partial charge in [0.05, 0.1) is 37.5 Å². The first-order valence-electron chi connectivity index (χ1n) is 15.4. The highest BCUT2D eigenvalue weighted by Gasteiger charge is 2.50. The summed E-state index contributed by atoms with van der Waals surface area (Å²) in [5, 5.41) is 7.14. The summed E-state index contributed by atoms with van der Waals surface area (Å²) in [5.41, 5.74) is 1.06. The fourth-order valence-corrected chi connectivity index (χ4v) is 7.49. The average Bonchev–Trinajstić information content (AvgIpc) is 3.31. The molecule has 3 aromatic rings. The van der Waals surface area contributed by atoms with Gasteiger partial charge in [-0.1, -0.05) is 17.8 Å². The van der Waals surface area contributed by atoms with Gasteiger partial charge in [-0.15, -0.1) is 0 Å².